The molecule has 1 atom stereocenters. The molecule has 0 bridgehead atoms. The molecule has 3 heteroatoms. The van der Waals surface area contributed by atoms with E-state index in [1.807, 2.05) is 12.1 Å². The molecule has 1 aromatic rings. The Bertz CT molecular complexity index is 424. The van der Waals surface area contributed by atoms with Gasteiger partial charge in [0, 0.05) is 30.2 Å². The molecule has 0 spiro atoms. The molecule has 0 saturated carbocycles. The smallest absolute Gasteiger partial charge is 0.0314 e. The van der Waals surface area contributed by atoms with E-state index < -0.39 is 0 Å². The molecule has 3 nitrogen and oxygen atoms in total. The predicted molar refractivity (Wildman–Crippen MR) is 87.0 cm³/mol. The lowest BCUT2D eigenvalue weighted by molar-refractivity contribution is 0.195. The summed E-state index contributed by atoms with van der Waals surface area (Å²) in [7, 11) is 4.49. The minimum Gasteiger partial charge on any atom is -0.399 e. The number of hydrogen-bond acceptors (Lipinski definition) is 3. The minimum absolute atomic E-state index is 0.152. The fourth-order valence-corrected chi connectivity index (χ4v) is 3.33. The molecule has 1 fully saturated rings. The van der Waals surface area contributed by atoms with E-state index >= 15 is 0 Å². The van der Waals surface area contributed by atoms with Gasteiger partial charge in [-0.25, -0.2) is 0 Å². The van der Waals surface area contributed by atoms with Gasteiger partial charge in [0.05, 0.1) is 0 Å². The fourth-order valence-electron chi connectivity index (χ4n) is 3.33. The highest BCUT2D eigenvalue weighted by Gasteiger charge is 2.26. The summed E-state index contributed by atoms with van der Waals surface area (Å²) in [5, 5.41) is 0. The first-order valence-corrected chi connectivity index (χ1v) is 7.63. The van der Waals surface area contributed by atoms with Gasteiger partial charge in [0.1, 0.15) is 0 Å². The number of nitrogens with zero attached hydrogens (tertiary/aromatic N) is 2. The van der Waals surface area contributed by atoms with Crippen molar-refractivity contribution < 1.29 is 0 Å². The van der Waals surface area contributed by atoms with Crippen molar-refractivity contribution in [3.63, 3.8) is 0 Å². The van der Waals surface area contributed by atoms with Crippen LogP contribution in [0.2, 0.25) is 0 Å². The van der Waals surface area contributed by atoms with Gasteiger partial charge in [-0.2, -0.15) is 0 Å². The van der Waals surface area contributed by atoms with Crippen molar-refractivity contribution in [2.24, 2.45) is 0 Å². The Kier molecular flexibility index (Phi) is 4.71. The van der Waals surface area contributed by atoms with Crippen LogP contribution in [0.4, 0.5) is 5.69 Å². The summed E-state index contributed by atoms with van der Waals surface area (Å²) < 4.78 is 0. The van der Waals surface area contributed by atoms with Crippen LogP contribution in [-0.4, -0.2) is 49.6 Å². The van der Waals surface area contributed by atoms with E-state index in [0.717, 1.165) is 24.8 Å². The molecule has 2 N–H and O–H groups in total. The summed E-state index contributed by atoms with van der Waals surface area (Å²) in [4.78, 5) is 4.97. The van der Waals surface area contributed by atoms with Crippen LogP contribution < -0.4 is 5.73 Å². The molecule has 1 aliphatic heterocycles. The number of rotatable bonds is 5. The van der Waals surface area contributed by atoms with E-state index in [-0.39, 0.29) is 5.41 Å². The van der Waals surface area contributed by atoms with Crippen molar-refractivity contribution in [2.75, 3.05) is 39.5 Å². The average molecular weight is 275 g/mol. The van der Waals surface area contributed by atoms with Crippen LogP contribution in [-0.2, 0) is 5.41 Å². The van der Waals surface area contributed by atoms with Crippen LogP contribution in [0.3, 0.4) is 0 Å². The number of likely N-dealkylation sites (tertiary alicyclic amines) is 1. The van der Waals surface area contributed by atoms with Gasteiger partial charge in [-0.05, 0) is 51.2 Å². The normalized spacial score (nSPS) is 20.8. The maximum atomic E-state index is 5.78. The summed E-state index contributed by atoms with van der Waals surface area (Å²) in [5.74, 6) is 0. The molecule has 1 saturated heterocycles. The van der Waals surface area contributed by atoms with Crippen LogP contribution >= 0.6 is 0 Å². The third-order valence-corrected chi connectivity index (χ3v) is 4.55. The monoisotopic (exact) mass is 275 g/mol. The lowest BCUT2D eigenvalue weighted by Gasteiger charge is -2.33. The minimum atomic E-state index is 0.152. The largest absolute Gasteiger partial charge is 0.399 e. The molecule has 112 valence electrons. The fraction of sp³-hybridized carbons (Fsp3) is 0.647. The maximum absolute atomic E-state index is 5.78. The third kappa shape index (κ3) is 3.74. The summed E-state index contributed by atoms with van der Waals surface area (Å²) in [6, 6.07) is 9.04. The highest BCUT2D eigenvalue weighted by atomic mass is 15.2. The molecule has 0 radical (unpaired) electrons. The second kappa shape index (κ2) is 6.15. The molecule has 0 aliphatic carbocycles. The van der Waals surface area contributed by atoms with Crippen molar-refractivity contribution in [2.45, 2.75) is 38.1 Å². The van der Waals surface area contributed by atoms with E-state index in [2.05, 4.69) is 49.9 Å². The standard InChI is InChI=1S/C17H29N3/c1-17(2,14-7-9-15(18)10-8-14)13-19(3)12-16-6-5-11-20(16)4/h7-10,16H,5-6,11-13,18H2,1-4H3. The van der Waals surface area contributed by atoms with Crippen molar-refractivity contribution >= 4 is 5.69 Å². The molecular formula is C17H29N3. The van der Waals surface area contributed by atoms with E-state index in [4.69, 9.17) is 5.73 Å². The zero-order valence-electron chi connectivity index (χ0n) is 13.4. The summed E-state index contributed by atoms with van der Waals surface area (Å²) in [6.07, 6.45) is 2.68. The van der Waals surface area contributed by atoms with E-state index in [0.29, 0.717) is 0 Å². The molecule has 1 unspecified atom stereocenters. The Morgan fingerprint density at radius 3 is 2.50 bits per heavy atom. The summed E-state index contributed by atoms with van der Waals surface area (Å²) in [5.41, 5.74) is 8.13. The van der Waals surface area contributed by atoms with Crippen LogP contribution in [0.5, 0.6) is 0 Å². The Hall–Kier alpha value is -1.06. The van der Waals surface area contributed by atoms with Crippen LogP contribution in [0.25, 0.3) is 0 Å². The van der Waals surface area contributed by atoms with Gasteiger partial charge >= 0.3 is 0 Å². The quantitative estimate of drug-likeness (QED) is 0.838. The van der Waals surface area contributed by atoms with Gasteiger partial charge in [0.25, 0.3) is 0 Å². The number of anilines is 1. The van der Waals surface area contributed by atoms with Crippen molar-refractivity contribution in [3.05, 3.63) is 29.8 Å². The Balaban J connectivity index is 1.94. The van der Waals surface area contributed by atoms with Crippen LogP contribution in [0.15, 0.2) is 24.3 Å². The van der Waals surface area contributed by atoms with Gasteiger partial charge in [0.15, 0.2) is 0 Å². The van der Waals surface area contributed by atoms with Gasteiger partial charge in [-0.3, -0.25) is 0 Å². The molecule has 1 aromatic carbocycles. The van der Waals surface area contributed by atoms with Crippen molar-refractivity contribution in [1.82, 2.24) is 9.80 Å². The zero-order valence-corrected chi connectivity index (χ0v) is 13.4. The predicted octanol–water partition coefficient (Wildman–Crippen LogP) is 2.57. The van der Waals surface area contributed by atoms with Gasteiger partial charge < -0.3 is 15.5 Å². The molecule has 1 aliphatic rings. The van der Waals surface area contributed by atoms with Gasteiger partial charge in [-0.15, -0.1) is 0 Å². The second-order valence-electron chi connectivity index (χ2n) is 6.98. The first-order valence-electron chi connectivity index (χ1n) is 7.63. The van der Waals surface area contributed by atoms with E-state index in [1.54, 1.807) is 0 Å². The Morgan fingerprint density at radius 2 is 1.95 bits per heavy atom. The summed E-state index contributed by atoms with van der Waals surface area (Å²) >= 11 is 0. The van der Waals surface area contributed by atoms with Crippen LogP contribution in [0.1, 0.15) is 32.3 Å². The molecule has 20 heavy (non-hydrogen) atoms. The van der Waals surface area contributed by atoms with Crippen LogP contribution in [0, 0.1) is 0 Å². The highest BCUT2D eigenvalue weighted by molar-refractivity contribution is 5.41. The SMILES string of the molecule is CN(CC1CCCN1C)CC(C)(C)c1ccc(N)cc1. The number of hydrogen-bond donors (Lipinski definition) is 1. The molecule has 0 amide bonds. The highest BCUT2D eigenvalue weighted by Crippen LogP contribution is 2.25. The summed E-state index contributed by atoms with van der Waals surface area (Å²) in [6.45, 7) is 8.11. The number of nitrogens with two attached hydrogens (primary N) is 1. The lowest BCUT2D eigenvalue weighted by atomic mass is 9.84. The molecule has 2 rings (SSSR count). The first kappa shape index (κ1) is 15.3. The third-order valence-electron chi connectivity index (χ3n) is 4.55. The molecule has 1 heterocycles. The average Bonchev–Trinajstić information content (AvgIpc) is 2.74. The van der Waals surface area contributed by atoms with Gasteiger partial charge in [0.2, 0.25) is 0 Å². The lowest BCUT2D eigenvalue weighted by Crippen LogP contribution is -2.41. The number of likely N-dealkylation sites (N-methyl/N-ethyl adjacent to an activating group) is 2. The van der Waals surface area contributed by atoms with Crippen molar-refractivity contribution in [3.8, 4) is 0 Å². The zero-order chi connectivity index (χ0) is 14.8. The molecular weight excluding hydrogens is 246 g/mol. The first-order chi connectivity index (χ1) is 9.38. The Morgan fingerprint density at radius 1 is 1.30 bits per heavy atom. The van der Waals surface area contributed by atoms with E-state index in [9.17, 15) is 0 Å². The second-order valence-corrected chi connectivity index (χ2v) is 6.98. The van der Waals surface area contributed by atoms with Gasteiger partial charge in [-0.1, -0.05) is 26.0 Å². The molecule has 0 aromatic heterocycles. The van der Waals surface area contributed by atoms with E-state index in [1.165, 1.54) is 24.9 Å². The van der Waals surface area contributed by atoms with Crippen molar-refractivity contribution in [1.29, 1.82) is 0 Å². The topological polar surface area (TPSA) is 32.5 Å². The number of nitrogen functional groups attached to an aromatic ring is 1. The Labute approximate surface area is 123 Å². The number of benzene rings is 1. The maximum Gasteiger partial charge on any atom is 0.0314 e.